The van der Waals surface area contributed by atoms with Crippen molar-refractivity contribution in [3.63, 3.8) is 0 Å². The summed E-state index contributed by atoms with van der Waals surface area (Å²) in [5.74, 6) is 0.521. The molecular formula is C20H17N5OS. The summed E-state index contributed by atoms with van der Waals surface area (Å²) >= 11 is 1.56. The molecule has 0 fully saturated rings. The first kappa shape index (κ1) is 17.1. The summed E-state index contributed by atoms with van der Waals surface area (Å²) in [6.07, 6.45) is 2.40. The van der Waals surface area contributed by atoms with Gasteiger partial charge in [-0.2, -0.15) is 0 Å². The SMILES string of the molecule is O=C(NCCc1ccccn1)c1nc(-c2cccs2)n(-c2ccccc2)n1. The molecule has 3 aromatic heterocycles. The molecule has 0 spiro atoms. The highest BCUT2D eigenvalue weighted by Crippen LogP contribution is 2.25. The van der Waals surface area contributed by atoms with Crippen LogP contribution < -0.4 is 5.32 Å². The summed E-state index contributed by atoms with van der Waals surface area (Å²) < 4.78 is 1.71. The van der Waals surface area contributed by atoms with Gasteiger partial charge >= 0.3 is 0 Å². The average Bonchev–Trinajstić information content (AvgIpc) is 3.39. The van der Waals surface area contributed by atoms with Crippen LogP contribution in [0.3, 0.4) is 0 Å². The minimum absolute atomic E-state index is 0.156. The van der Waals surface area contributed by atoms with Gasteiger partial charge in [-0.3, -0.25) is 9.78 Å². The van der Waals surface area contributed by atoms with Crippen molar-refractivity contribution in [3.8, 4) is 16.4 Å². The number of pyridine rings is 1. The first-order valence-corrected chi connectivity index (χ1v) is 9.44. The lowest BCUT2D eigenvalue weighted by Gasteiger charge is -2.03. The van der Waals surface area contributed by atoms with Crippen molar-refractivity contribution in [2.45, 2.75) is 6.42 Å². The topological polar surface area (TPSA) is 72.7 Å². The first-order valence-electron chi connectivity index (χ1n) is 8.56. The number of para-hydroxylation sites is 1. The van der Waals surface area contributed by atoms with E-state index in [0.29, 0.717) is 18.8 Å². The molecular weight excluding hydrogens is 358 g/mol. The average molecular weight is 375 g/mol. The highest BCUT2D eigenvalue weighted by Gasteiger charge is 2.19. The standard InChI is InChI=1S/C20H17N5OS/c26-20(22-13-11-15-7-4-5-12-21-15)18-23-19(17-10-6-14-27-17)25(24-18)16-8-2-1-3-9-16/h1-10,12,14H,11,13H2,(H,22,26). The van der Waals surface area contributed by atoms with Crippen molar-refractivity contribution >= 4 is 17.2 Å². The van der Waals surface area contributed by atoms with Crippen molar-refractivity contribution in [2.24, 2.45) is 0 Å². The van der Waals surface area contributed by atoms with Gasteiger partial charge in [0.25, 0.3) is 5.91 Å². The second kappa shape index (κ2) is 7.92. The highest BCUT2D eigenvalue weighted by molar-refractivity contribution is 7.13. The Balaban J connectivity index is 1.55. The van der Waals surface area contributed by atoms with Gasteiger partial charge in [-0.15, -0.1) is 16.4 Å². The molecule has 0 aliphatic heterocycles. The predicted molar refractivity (Wildman–Crippen MR) is 105 cm³/mol. The second-order valence-electron chi connectivity index (χ2n) is 5.81. The Labute approximate surface area is 160 Å². The predicted octanol–water partition coefficient (Wildman–Crippen LogP) is 3.36. The van der Waals surface area contributed by atoms with Gasteiger partial charge in [0.05, 0.1) is 10.6 Å². The van der Waals surface area contributed by atoms with Crippen molar-refractivity contribution in [1.29, 1.82) is 0 Å². The van der Waals surface area contributed by atoms with E-state index in [0.717, 1.165) is 16.3 Å². The Morgan fingerprint density at radius 1 is 1.04 bits per heavy atom. The maximum atomic E-state index is 12.5. The van der Waals surface area contributed by atoms with Crippen LogP contribution in [0.4, 0.5) is 0 Å². The van der Waals surface area contributed by atoms with Crippen LogP contribution in [0.15, 0.2) is 72.2 Å². The van der Waals surface area contributed by atoms with Crippen LogP contribution >= 0.6 is 11.3 Å². The molecule has 27 heavy (non-hydrogen) atoms. The number of rotatable bonds is 6. The summed E-state index contributed by atoms with van der Waals surface area (Å²) in [6.45, 7) is 0.476. The fraction of sp³-hybridized carbons (Fsp3) is 0.100. The first-order chi connectivity index (χ1) is 13.3. The molecule has 0 radical (unpaired) electrons. The van der Waals surface area contributed by atoms with E-state index < -0.39 is 0 Å². The molecule has 0 aliphatic rings. The summed E-state index contributed by atoms with van der Waals surface area (Å²) in [5.41, 5.74) is 1.79. The van der Waals surface area contributed by atoms with Gasteiger partial charge in [-0.1, -0.05) is 30.3 Å². The van der Waals surface area contributed by atoms with Crippen LogP contribution in [0, 0.1) is 0 Å². The molecule has 134 valence electrons. The van der Waals surface area contributed by atoms with Crippen LogP contribution in [0.2, 0.25) is 0 Å². The van der Waals surface area contributed by atoms with Crippen LogP contribution in [0.25, 0.3) is 16.4 Å². The summed E-state index contributed by atoms with van der Waals surface area (Å²) in [6, 6.07) is 19.3. The Hall–Kier alpha value is -3.32. The number of nitrogens with one attached hydrogen (secondary N) is 1. The Morgan fingerprint density at radius 3 is 2.63 bits per heavy atom. The fourth-order valence-corrected chi connectivity index (χ4v) is 3.35. The number of carbonyl (C=O) groups excluding carboxylic acids is 1. The number of benzene rings is 1. The molecule has 7 heteroatoms. The van der Waals surface area contributed by atoms with E-state index in [2.05, 4.69) is 20.4 Å². The van der Waals surface area contributed by atoms with Gasteiger partial charge in [0.1, 0.15) is 0 Å². The molecule has 0 saturated carbocycles. The molecule has 3 heterocycles. The summed E-state index contributed by atoms with van der Waals surface area (Å²) in [5, 5.41) is 9.30. The van der Waals surface area contributed by atoms with Crippen molar-refractivity contribution in [2.75, 3.05) is 6.54 Å². The zero-order chi connectivity index (χ0) is 18.5. The molecule has 1 N–H and O–H groups in total. The van der Waals surface area contributed by atoms with Crippen LogP contribution in [-0.2, 0) is 6.42 Å². The summed E-state index contributed by atoms with van der Waals surface area (Å²) in [7, 11) is 0. The second-order valence-corrected chi connectivity index (χ2v) is 6.76. The normalized spacial score (nSPS) is 10.7. The molecule has 4 aromatic rings. The molecule has 0 aliphatic carbocycles. The number of carbonyl (C=O) groups is 1. The van der Waals surface area contributed by atoms with Crippen LogP contribution in [-0.4, -0.2) is 32.2 Å². The van der Waals surface area contributed by atoms with E-state index in [1.165, 1.54) is 0 Å². The third-order valence-electron chi connectivity index (χ3n) is 3.95. The third kappa shape index (κ3) is 3.93. The van der Waals surface area contributed by atoms with Crippen LogP contribution in [0.1, 0.15) is 16.3 Å². The van der Waals surface area contributed by atoms with E-state index in [-0.39, 0.29) is 11.7 Å². The molecule has 6 nitrogen and oxygen atoms in total. The Kier molecular flexibility index (Phi) is 5.02. The number of hydrogen-bond donors (Lipinski definition) is 1. The molecule has 4 rings (SSSR count). The van der Waals surface area contributed by atoms with E-state index in [9.17, 15) is 4.79 Å². The molecule has 0 saturated heterocycles. The Morgan fingerprint density at radius 2 is 1.89 bits per heavy atom. The molecule has 1 amide bonds. The van der Waals surface area contributed by atoms with Gasteiger partial charge in [0, 0.05) is 24.9 Å². The maximum absolute atomic E-state index is 12.5. The van der Waals surface area contributed by atoms with Crippen molar-refractivity contribution < 1.29 is 4.79 Å². The molecule has 0 atom stereocenters. The molecule has 0 unspecified atom stereocenters. The quantitative estimate of drug-likeness (QED) is 0.561. The van der Waals surface area contributed by atoms with Gasteiger partial charge < -0.3 is 5.32 Å². The van der Waals surface area contributed by atoms with E-state index in [1.54, 1.807) is 22.2 Å². The number of aromatic nitrogens is 4. The number of thiophene rings is 1. The number of nitrogens with zero attached hydrogens (tertiary/aromatic N) is 4. The number of amides is 1. The van der Waals surface area contributed by atoms with E-state index in [4.69, 9.17) is 0 Å². The van der Waals surface area contributed by atoms with Gasteiger partial charge in [-0.25, -0.2) is 9.67 Å². The third-order valence-corrected chi connectivity index (χ3v) is 4.81. The highest BCUT2D eigenvalue weighted by atomic mass is 32.1. The van der Waals surface area contributed by atoms with Crippen molar-refractivity contribution in [3.05, 3.63) is 83.8 Å². The zero-order valence-electron chi connectivity index (χ0n) is 14.4. The van der Waals surface area contributed by atoms with Gasteiger partial charge in [0.15, 0.2) is 5.82 Å². The fourth-order valence-electron chi connectivity index (χ4n) is 2.65. The molecule has 0 bridgehead atoms. The van der Waals surface area contributed by atoms with Crippen molar-refractivity contribution in [1.82, 2.24) is 25.1 Å². The van der Waals surface area contributed by atoms with Crippen LogP contribution in [0.5, 0.6) is 0 Å². The minimum atomic E-state index is -0.293. The van der Waals surface area contributed by atoms with Gasteiger partial charge in [-0.05, 0) is 35.7 Å². The number of hydrogen-bond acceptors (Lipinski definition) is 5. The Bertz CT molecular complexity index is 1010. The largest absolute Gasteiger partial charge is 0.349 e. The summed E-state index contributed by atoms with van der Waals surface area (Å²) in [4.78, 5) is 22.2. The lowest BCUT2D eigenvalue weighted by atomic mass is 10.3. The minimum Gasteiger partial charge on any atom is -0.349 e. The smallest absolute Gasteiger partial charge is 0.291 e. The van der Waals surface area contributed by atoms with E-state index in [1.807, 2.05) is 66.0 Å². The molecule has 1 aromatic carbocycles. The lowest BCUT2D eigenvalue weighted by molar-refractivity contribution is 0.0944. The lowest BCUT2D eigenvalue weighted by Crippen LogP contribution is -2.27. The van der Waals surface area contributed by atoms with Gasteiger partial charge in [0.2, 0.25) is 5.82 Å². The monoisotopic (exact) mass is 375 g/mol. The van der Waals surface area contributed by atoms with E-state index >= 15 is 0 Å². The zero-order valence-corrected chi connectivity index (χ0v) is 15.3. The maximum Gasteiger partial charge on any atom is 0.291 e.